The van der Waals surface area contributed by atoms with Crippen LogP contribution in [0.15, 0.2) is 4.52 Å². The van der Waals surface area contributed by atoms with Crippen molar-refractivity contribution >= 4 is 0 Å². The molecule has 1 aromatic rings. The Kier molecular flexibility index (Phi) is 1.46. The van der Waals surface area contributed by atoms with Gasteiger partial charge in [0.1, 0.15) is 5.76 Å². The van der Waals surface area contributed by atoms with Gasteiger partial charge in [-0.3, -0.25) is 0 Å². The molecule has 0 aliphatic heterocycles. The van der Waals surface area contributed by atoms with Gasteiger partial charge in [0.15, 0.2) is 0 Å². The molecule has 1 unspecified atom stereocenters. The summed E-state index contributed by atoms with van der Waals surface area (Å²) in [6.07, 6.45) is 2.96. The highest BCUT2D eigenvalue weighted by Gasteiger charge is 2.21. The summed E-state index contributed by atoms with van der Waals surface area (Å²) in [4.78, 5) is 0. The predicted octanol–water partition coefficient (Wildman–Crippen LogP) is 0.799. The van der Waals surface area contributed by atoms with Crippen molar-refractivity contribution in [1.82, 2.24) is 5.16 Å². The summed E-state index contributed by atoms with van der Waals surface area (Å²) >= 11 is 0. The van der Waals surface area contributed by atoms with Crippen molar-refractivity contribution < 1.29 is 4.52 Å². The van der Waals surface area contributed by atoms with Gasteiger partial charge in [0, 0.05) is 18.0 Å². The van der Waals surface area contributed by atoms with Gasteiger partial charge < -0.3 is 10.3 Å². The van der Waals surface area contributed by atoms with Gasteiger partial charge in [-0.15, -0.1) is 0 Å². The van der Waals surface area contributed by atoms with Crippen LogP contribution in [0.5, 0.6) is 0 Å². The lowest BCUT2D eigenvalue weighted by atomic mass is 9.93. The van der Waals surface area contributed by atoms with Gasteiger partial charge >= 0.3 is 0 Å². The maximum absolute atomic E-state index is 5.77. The standard InChI is InChI=1S/C8H12N2O/c1-5-7-3-2-6(9)4-8(7)11-10-5/h6H,2-4,9H2,1H3. The van der Waals surface area contributed by atoms with Crippen molar-refractivity contribution in [3.8, 4) is 0 Å². The lowest BCUT2D eigenvalue weighted by Gasteiger charge is -2.15. The Morgan fingerprint density at radius 3 is 3.27 bits per heavy atom. The second-order valence-corrected chi connectivity index (χ2v) is 3.17. The van der Waals surface area contributed by atoms with Crippen LogP contribution in [-0.2, 0) is 12.8 Å². The van der Waals surface area contributed by atoms with E-state index in [-0.39, 0.29) is 6.04 Å². The molecule has 1 atom stereocenters. The molecule has 1 aliphatic carbocycles. The molecular weight excluding hydrogens is 140 g/mol. The zero-order chi connectivity index (χ0) is 7.84. The van der Waals surface area contributed by atoms with Crippen molar-refractivity contribution in [3.63, 3.8) is 0 Å². The molecule has 0 radical (unpaired) electrons. The molecule has 0 amide bonds. The zero-order valence-corrected chi connectivity index (χ0v) is 6.63. The van der Waals surface area contributed by atoms with Crippen LogP contribution in [-0.4, -0.2) is 11.2 Å². The first-order chi connectivity index (χ1) is 5.27. The fourth-order valence-corrected chi connectivity index (χ4v) is 1.59. The second-order valence-electron chi connectivity index (χ2n) is 3.17. The van der Waals surface area contributed by atoms with E-state index in [0.29, 0.717) is 0 Å². The molecule has 0 spiro atoms. The number of nitrogens with two attached hydrogens (primary N) is 1. The second kappa shape index (κ2) is 2.34. The van der Waals surface area contributed by atoms with E-state index < -0.39 is 0 Å². The number of aromatic nitrogens is 1. The molecule has 0 aromatic carbocycles. The minimum absolute atomic E-state index is 0.273. The fourth-order valence-electron chi connectivity index (χ4n) is 1.59. The van der Waals surface area contributed by atoms with Gasteiger partial charge in [-0.1, -0.05) is 5.16 Å². The summed E-state index contributed by atoms with van der Waals surface area (Å²) in [5, 5.41) is 3.90. The van der Waals surface area contributed by atoms with Gasteiger partial charge in [0.25, 0.3) is 0 Å². The third-order valence-electron chi connectivity index (χ3n) is 2.28. The van der Waals surface area contributed by atoms with Crippen LogP contribution in [0.25, 0.3) is 0 Å². The number of nitrogens with zero attached hydrogens (tertiary/aromatic N) is 1. The summed E-state index contributed by atoms with van der Waals surface area (Å²) in [5.41, 5.74) is 8.09. The van der Waals surface area contributed by atoms with Crippen molar-refractivity contribution in [2.45, 2.75) is 32.2 Å². The number of rotatable bonds is 0. The normalized spacial score (nSPS) is 23.3. The summed E-state index contributed by atoms with van der Waals surface area (Å²) in [5.74, 6) is 1.00. The van der Waals surface area contributed by atoms with Crippen LogP contribution >= 0.6 is 0 Å². The number of hydrogen-bond acceptors (Lipinski definition) is 3. The molecule has 0 fully saturated rings. The Morgan fingerprint density at radius 2 is 2.45 bits per heavy atom. The van der Waals surface area contributed by atoms with Gasteiger partial charge in [0.2, 0.25) is 0 Å². The molecule has 11 heavy (non-hydrogen) atoms. The lowest BCUT2D eigenvalue weighted by Crippen LogP contribution is -2.27. The van der Waals surface area contributed by atoms with E-state index in [4.69, 9.17) is 10.3 Å². The van der Waals surface area contributed by atoms with Gasteiger partial charge in [-0.05, 0) is 19.8 Å². The molecule has 3 nitrogen and oxygen atoms in total. The SMILES string of the molecule is Cc1noc2c1CCC(N)C2. The Balaban J connectivity index is 2.36. The molecule has 2 rings (SSSR count). The average molecular weight is 152 g/mol. The first-order valence-electron chi connectivity index (χ1n) is 3.97. The number of hydrogen-bond donors (Lipinski definition) is 1. The van der Waals surface area contributed by atoms with E-state index in [2.05, 4.69) is 5.16 Å². The molecular formula is C8H12N2O. The van der Waals surface area contributed by atoms with E-state index >= 15 is 0 Å². The van der Waals surface area contributed by atoms with E-state index in [1.54, 1.807) is 0 Å². The molecule has 3 heteroatoms. The Morgan fingerprint density at radius 1 is 1.64 bits per heavy atom. The third-order valence-corrected chi connectivity index (χ3v) is 2.28. The Labute approximate surface area is 65.6 Å². The van der Waals surface area contributed by atoms with Crippen molar-refractivity contribution in [1.29, 1.82) is 0 Å². The van der Waals surface area contributed by atoms with Gasteiger partial charge in [-0.25, -0.2) is 0 Å². The fraction of sp³-hybridized carbons (Fsp3) is 0.625. The topological polar surface area (TPSA) is 52.0 Å². The van der Waals surface area contributed by atoms with Gasteiger partial charge in [-0.2, -0.15) is 0 Å². The first-order valence-corrected chi connectivity index (χ1v) is 3.97. The average Bonchev–Trinajstić information content (AvgIpc) is 2.32. The third kappa shape index (κ3) is 1.05. The van der Waals surface area contributed by atoms with Crippen LogP contribution in [0, 0.1) is 6.92 Å². The molecule has 0 saturated heterocycles. The minimum atomic E-state index is 0.273. The molecule has 0 bridgehead atoms. The highest BCUT2D eigenvalue weighted by molar-refractivity contribution is 5.25. The maximum Gasteiger partial charge on any atom is 0.141 e. The quantitative estimate of drug-likeness (QED) is 0.598. The van der Waals surface area contributed by atoms with Crippen LogP contribution < -0.4 is 5.73 Å². The minimum Gasteiger partial charge on any atom is -0.361 e. The van der Waals surface area contributed by atoms with Crippen LogP contribution in [0.1, 0.15) is 23.4 Å². The Hall–Kier alpha value is -0.830. The lowest BCUT2D eigenvalue weighted by molar-refractivity contribution is 0.360. The van der Waals surface area contributed by atoms with E-state index in [1.807, 2.05) is 6.92 Å². The van der Waals surface area contributed by atoms with Crippen molar-refractivity contribution in [2.24, 2.45) is 5.73 Å². The van der Waals surface area contributed by atoms with Crippen molar-refractivity contribution in [2.75, 3.05) is 0 Å². The predicted molar refractivity (Wildman–Crippen MR) is 41.2 cm³/mol. The number of fused-ring (bicyclic) bond motifs is 1. The molecule has 1 aliphatic rings. The van der Waals surface area contributed by atoms with E-state index in [1.165, 1.54) is 5.56 Å². The molecule has 0 saturated carbocycles. The van der Waals surface area contributed by atoms with Gasteiger partial charge in [0.05, 0.1) is 5.69 Å². The number of aryl methyl sites for hydroxylation is 1. The summed E-state index contributed by atoms with van der Waals surface area (Å²) in [7, 11) is 0. The maximum atomic E-state index is 5.77. The highest BCUT2D eigenvalue weighted by Crippen LogP contribution is 2.22. The van der Waals surface area contributed by atoms with Crippen molar-refractivity contribution in [3.05, 3.63) is 17.0 Å². The highest BCUT2D eigenvalue weighted by atomic mass is 16.5. The smallest absolute Gasteiger partial charge is 0.141 e. The zero-order valence-electron chi connectivity index (χ0n) is 6.63. The first kappa shape index (κ1) is 6.85. The van der Waals surface area contributed by atoms with E-state index in [0.717, 1.165) is 30.7 Å². The molecule has 2 N–H and O–H groups in total. The van der Waals surface area contributed by atoms with Crippen LogP contribution in [0.3, 0.4) is 0 Å². The van der Waals surface area contributed by atoms with Crippen LogP contribution in [0.4, 0.5) is 0 Å². The van der Waals surface area contributed by atoms with Crippen LogP contribution in [0.2, 0.25) is 0 Å². The summed E-state index contributed by atoms with van der Waals surface area (Å²) < 4.78 is 5.13. The Bertz CT molecular complexity index is 267. The molecule has 1 heterocycles. The molecule has 1 aromatic heterocycles. The largest absolute Gasteiger partial charge is 0.361 e. The summed E-state index contributed by atoms with van der Waals surface area (Å²) in [6, 6.07) is 0.273. The molecule has 60 valence electrons. The summed E-state index contributed by atoms with van der Waals surface area (Å²) in [6.45, 7) is 1.99. The van der Waals surface area contributed by atoms with E-state index in [9.17, 15) is 0 Å². The monoisotopic (exact) mass is 152 g/mol.